The lowest BCUT2D eigenvalue weighted by molar-refractivity contribution is -0.118. The monoisotopic (exact) mass is 449 g/mol. The highest BCUT2D eigenvalue weighted by atomic mass is 19.1. The van der Waals surface area contributed by atoms with Crippen molar-refractivity contribution < 1.29 is 18.4 Å². The van der Waals surface area contributed by atoms with Crippen LogP contribution in [0.15, 0.2) is 34.9 Å². The van der Waals surface area contributed by atoms with Crippen LogP contribution in [0.2, 0.25) is 0 Å². The largest absolute Gasteiger partial charge is 0.493 e. The summed E-state index contributed by atoms with van der Waals surface area (Å²) in [7, 11) is 0. The predicted octanol–water partition coefficient (Wildman–Crippen LogP) is 4.45. The number of likely N-dealkylation sites (tertiary alicyclic amines) is 1. The van der Waals surface area contributed by atoms with Crippen LogP contribution in [-0.4, -0.2) is 48.7 Å². The summed E-state index contributed by atoms with van der Waals surface area (Å²) >= 11 is 0. The summed E-state index contributed by atoms with van der Waals surface area (Å²) in [6.07, 6.45) is 5.33. The zero-order valence-corrected chi connectivity index (χ0v) is 18.7. The average molecular weight is 450 g/mol. The number of piperidine rings is 1. The Labute approximate surface area is 192 Å². The molecule has 1 saturated heterocycles. The van der Waals surface area contributed by atoms with E-state index in [4.69, 9.17) is 9.26 Å². The van der Waals surface area contributed by atoms with Crippen LogP contribution < -0.4 is 9.64 Å². The number of carbonyl (C=O) groups is 1. The van der Waals surface area contributed by atoms with Crippen molar-refractivity contribution in [1.82, 2.24) is 10.1 Å². The van der Waals surface area contributed by atoms with Gasteiger partial charge in [-0.25, -0.2) is 4.39 Å². The molecule has 0 spiro atoms. The molecule has 0 saturated carbocycles. The summed E-state index contributed by atoms with van der Waals surface area (Å²) in [6.45, 7) is 4.52. The lowest BCUT2D eigenvalue weighted by atomic mass is 9.91. The van der Waals surface area contributed by atoms with Crippen molar-refractivity contribution in [1.29, 1.82) is 0 Å². The van der Waals surface area contributed by atoms with Gasteiger partial charge in [0, 0.05) is 42.4 Å². The SMILES string of the molecule is O=C1CCc2c(OCCCN3CCC(c4noc5cc(F)ccc45)CC3)ccc3c2N1CC3. The van der Waals surface area contributed by atoms with E-state index in [1.54, 1.807) is 6.07 Å². The summed E-state index contributed by atoms with van der Waals surface area (Å²) in [5.74, 6) is 1.25. The molecule has 0 N–H and O–H groups in total. The lowest BCUT2D eigenvalue weighted by Crippen LogP contribution is -2.34. The normalized spacial score (nSPS) is 18.8. The number of aromatic nitrogens is 1. The summed E-state index contributed by atoms with van der Waals surface area (Å²) < 4.78 is 24.9. The van der Waals surface area contributed by atoms with Gasteiger partial charge in [0.1, 0.15) is 11.6 Å². The zero-order chi connectivity index (χ0) is 22.4. The van der Waals surface area contributed by atoms with Crippen molar-refractivity contribution in [2.24, 2.45) is 0 Å². The lowest BCUT2D eigenvalue weighted by Gasteiger charge is -2.31. The van der Waals surface area contributed by atoms with Crippen LogP contribution in [0, 0.1) is 5.82 Å². The molecule has 3 aliphatic heterocycles. The molecule has 172 valence electrons. The zero-order valence-electron chi connectivity index (χ0n) is 18.7. The Morgan fingerprint density at radius 2 is 1.97 bits per heavy atom. The van der Waals surface area contributed by atoms with E-state index in [9.17, 15) is 9.18 Å². The van der Waals surface area contributed by atoms with Crippen molar-refractivity contribution in [3.63, 3.8) is 0 Å². The Hall–Kier alpha value is -2.93. The molecule has 2 aromatic carbocycles. The van der Waals surface area contributed by atoms with Crippen LogP contribution in [0.3, 0.4) is 0 Å². The highest BCUT2D eigenvalue weighted by Gasteiger charge is 2.33. The Morgan fingerprint density at radius 1 is 1.09 bits per heavy atom. The van der Waals surface area contributed by atoms with E-state index in [2.05, 4.69) is 22.2 Å². The number of hydrogen-bond acceptors (Lipinski definition) is 5. The van der Waals surface area contributed by atoms with Crippen LogP contribution >= 0.6 is 0 Å². The molecule has 6 rings (SSSR count). The molecule has 6 nitrogen and oxygen atoms in total. The third-order valence-corrected chi connectivity index (χ3v) is 7.40. The summed E-state index contributed by atoms with van der Waals surface area (Å²) in [5, 5.41) is 5.18. The van der Waals surface area contributed by atoms with Crippen LogP contribution in [0.5, 0.6) is 5.75 Å². The standard InChI is InChI=1S/C26H28FN3O3/c27-19-3-4-20-23(16-19)33-28-25(20)17-8-12-29(13-9-17)11-1-15-32-22-6-2-18-10-14-30-24(31)7-5-21(22)26(18)30/h2-4,6,16-17H,1,5,7-15H2. The first-order valence-electron chi connectivity index (χ1n) is 12.0. The van der Waals surface area contributed by atoms with Crippen molar-refractivity contribution in [2.45, 2.75) is 44.4 Å². The molecular formula is C26H28FN3O3. The first kappa shape index (κ1) is 20.7. The fourth-order valence-corrected chi connectivity index (χ4v) is 5.67. The van der Waals surface area contributed by atoms with E-state index in [-0.39, 0.29) is 11.7 Å². The van der Waals surface area contributed by atoms with Gasteiger partial charge in [0.2, 0.25) is 5.91 Å². The van der Waals surface area contributed by atoms with Gasteiger partial charge in [-0.3, -0.25) is 4.79 Å². The van der Waals surface area contributed by atoms with Gasteiger partial charge in [-0.1, -0.05) is 11.2 Å². The number of benzene rings is 2. The summed E-state index contributed by atoms with van der Waals surface area (Å²) in [6, 6.07) is 8.88. The summed E-state index contributed by atoms with van der Waals surface area (Å²) in [5.41, 5.74) is 5.10. The van der Waals surface area contributed by atoms with E-state index >= 15 is 0 Å². The number of fused-ring (bicyclic) bond motifs is 1. The van der Waals surface area contributed by atoms with Crippen molar-refractivity contribution >= 4 is 22.6 Å². The molecule has 0 radical (unpaired) electrons. The Bertz CT molecular complexity index is 1200. The van der Waals surface area contributed by atoms with E-state index in [1.807, 2.05) is 4.90 Å². The number of carbonyl (C=O) groups excluding carboxylic acids is 1. The fourth-order valence-electron chi connectivity index (χ4n) is 5.67. The van der Waals surface area contributed by atoms with E-state index in [0.717, 1.165) is 80.8 Å². The molecule has 1 amide bonds. The van der Waals surface area contributed by atoms with Gasteiger partial charge >= 0.3 is 0 Å². The number of nitrogens with zero attached hydrogens (tertiary/aromatic N) is 3. The van der Waals surface area contributed by atoms with E-state index in [0.29, 0.717) is 24.5 Å². The molecule has 1 aromatic heterocycles. The highest BCUT2D eigenvalue weighted by Crippen LogP contribution is 2.41. The number of halogens is 1. The fraction of sp³-hybridized carbons (Fsp3) is 0.462. The molecular weight excluding hydrogens is 421 g/mol. The van der Waals surface area contributed by atoms with Gasteiger partial charge in [-0.2, -0.15) is 0 Å². The molecule has 0 atom stereocenters. The first-order valence-corrected chi connectivity index (χ1v) is 12.0. The van der Waals surface area contributed by atoms with Crippen molar-refractivity contribution in [2.75, 3.05) is 37.7 Å². The third-order valence-electron chi connectivity index (χ3n) is 7.40. The third kappa shape index (κ3) is 3.78. The molecule has 1 fully saturated rings. The number of anilines is 1. The minimum atomic E-state index is -0.294. The Morgan fingerprint density at radius 3 is 2.85 bits per heavy atom. The van der Waals surface area contributed by atoms with Crippen LogP contribution in [-0.2, 0) is 17.6 Å². The number of hydrogen-bond donors (Lipinski definition) is 0. The predicted molar refractivity (Wildman–Crippen MR) is 123 cm³/mol. The number of amides is 1. The molecule has 3 aromatic rings. The minimum Gasteiger partial charge on any atom is -0.493 e. The smallest absolute Gasteiger partial charge is 0.227 e. The average Bonchev–Trinajstić information content (AvgIpc) is 3.45. The summed E-state index contributed by atoms with van der Waals surface area (Å²) in [4.78, 5) is 16.6. The Kier molecular flexibility index (Phi) is 5.29. The first-order chi connectivity index (χ1) is 16.2. The second kappa shape index (κ2) is 8.45. The van der Waals surface area contributed by atoms with Crippen LogP contribution in [0.1, 0.15) is 48.4 Å². The van der Waals surface area contributed by atoms with Gasteiger partial charge in [0.15, 0.2) is 5.58 Å². The number of rotatable bonds is 6. The van der Waals surface area contributed by atoms with Gasteiger partial charge in [-0.15, -0.1) is 0 Å². The topological polar surface area (TPSA) is 58.8 Å². The van der Waals surface area contributed by atoms with Crippen molar-refractivity contribution in [3.8, 4) is 5.75 Å². The molecule has 7 heteroatoms. The molecule has 33 heavy (non-hydrogen) atoms. The van der Waals surface area contributed by atoms with Gasteiger partial charge in [0.25, 0.3) is 0 Å². The maximum atomic E-state index is 13.4. The Balaban J connectivity index is 1.01. The molecule has 3 aliphatic rings. The maximum Gasteiger partial charge on any atom is 0.227 e. The molecule has 0 aliphatic carbocycles. The van der Waals surface area contributed by atoms with E-state index < -0.39 is 0 Å². The van der Waals surface area contributed by atoms with Gasteiger partial charge < -0.3 is 19.1 Å². The number of ether oxygens (including phenoxy) is 1. The maximum absolute atomic E-state index is 13.4. The molecule has 4 heterocycles. The quantitative estimate of drug-likeness (QED) is 0.521. The molecule has 0 unspecified atom stereocenters. The van der Waals surface area contributed by atoms with Gasteiger partial charge in [-0.05, 0) is 69.0 Å². The van der Waals surface area contributed by atoms with Crippen molar-refractivity contribution in [3.05, 3.63) is 53.0 Å². The second-order valence-corrected chi connectivity index (χ2v) is 9.37. The van der Waals surface area contributed by atoms with Gasteiger partial charge in [0.05, 0.1) is 18.0 Å². The van der Waals surface area contributed by atoms with Crippen LogP contribution in [0.4, 0.5) is 10.1 Å². The second-order valence-electron chi connectivity index (χ2n) is 9.37. The van der Waals surface area contributed by atoms with E-state index in [1.165, 1.54) is 23.3 Å². The minimum absolute atomic E-state index is 0.243. The highest BCUT2D eigenvalue weighted by molar-refractivity contribution is 5.99. The molecule has 0 bridgehead atoms. The van der Waals surface area contributed by atoms with Crippen LogP contribution in [0.25, 0.3) is 11.0 Å².